The van der Waals surface area contributed by atoms with E-state index in [4.69, 9.17) is 9.84 Å². The lowest BCUT2D eigenvalue weighted by Gasteiger charge is -2.17. The fraction of sp³-hybridized carbons (Fsp3) is 0.357. The van der Waals surface area contributed by atoms with Gasteiger partial charge in [0.25, 0.3) is 0 Å². The van der Waals surface area contributed by atoms with Gasteiger partial charge in [0.05, 0.1) is 6.61 Å². The summed E-state index contributed by atoms with van der Waals surface area (Å²) in [5.74, 6) is -0.924. The van der Waals surface area contributed by atoms with Gasteiger partial charge in [-0.25, -0.2) is 9.18 Å². The van der Waals surface area contributed by atoms with Crippen LogP contribution >= 0.6 is 0 Å². The first-order valence-corrected chi connectivity index (χ1v) is 5.62. The van der Waals surface area contributed by atoms with E-state index in [0.717, 1.165) is 0 Å². The number of carbonyl (C=O) groups excluding carboxylic acids is 1. The molecule has 0 radical (unpaired) electrons. The Kier molecular flexibility index (Phi) is 4.62. The molecule has 0 spiro atoms. The molecule has 98 valence electrons. The summed E-state index contributed by atoms with van der Waals surface area (Å²) in [5, 5.41) is 9.09. The zero-order valence-electron chi connectivity index (χ0n) is 10.7. The lowest BCUT2D eigenvalue weighted by atomic mass is 10.1. The largest absolute Gasteiger partial charge is 0.457 e. The van der Waals surface area contributed by atoms with Gasteiger partial charge < -0.3 is 9.84 Å². The van der Waals surface area contributed by atoms with Crippen molar-refractivity contribution in [3.8, 4) is 0 Å². The maximum atomic E-state index is 13.0. The third kappa shape index (κ3) is 4.67. The molecule has 18 heavy (non-hydrogen) atoms. The summed E-state index contributed by atoms with van der Waals surface area (Å²) in [4.78, 5) is 11.5. The van der Waals surface area contributed by atoms with Crippen LogP contribution in [0.15, 0.2) is 24.3 Å². The molecular weight excluding hydrogens is 235 g/mol. The number of halogens is 1. The Balaban J connectivity index is 2.84. The summed E-state index contributed by atoms with van der Waals surface area (Å²) in [6, 6.07) is 3.99. The van der Waals surface area contributed by atoms with Crippen LogP contribution in [0.4, 0.5) is 4.39 Å². The van der Waals surface area contributed by atoms with Gasteiger partial charge in [-0.15, -0.1) is 0 Å². The molecular formula is C14H17FO3. The summed E-state index contributed by atoms with van der Waals surface area (Å²) in [6.45, 7) is 5.08. The van der Waals surface area contributed by atoms with Crippen LogP contribution in [0.1, 0.15) is 31.9 Å². The summed E-state index contributed by atoms with van der Waals surface area (Å²) in [6.07, 6.45) is 2.65. The Labute approximate surface area is 106 Å². The Hall–Kier alpha value is -1.68. The molecule has 1 rings (SSSR count). The van der Waals surface area contributed by atoms with Gasteiger partial charge in [-0.05, 0) is 50.1 Å². The van der Waals surface area contributed by atoms with Crippen molar-refractivity contribution < 1.29 is 19.0 Å². The van der Waals surface area contributed by atoms with Crippen LogP contribution in [0.3, 0.4) is 0 Å². The number of aliphatic hydroxyl groups excluding tert-OH is 1. The van der Waals surface area contributed by atoms with Gasteiger partial charge in [-0.2, -0.15) is 0 Å². The highest BCUT2D eigenvalue weighted by Gasteiger charge is 2.14. The molecule has 0 aliphatic rings. The number of aliphatic hydroxyl groups is 1. The number of hydrogen-bond donors (Lipinski definition) is 1. The second-order valence-corrected chi connectivity index (χ2v) is 4.87. The van der Waals surface area contributed by atoms with Gasteiger partial charge in [0.2, 0.25) is 0 Å². The van der Waals surface area contributed by atoms with E-state index in [1.54, 1.807) is 20.8 Å². The van der Waals surface area contributed by atoms with Crippen molar-refractivity contribution in [3.63, 3.8) is 0 Å². The Morgan fingerprint density at radius 1 is 1.44 bits per heavy atom. The summed E-state index contributed by atoms with van der Waals surface area (Å²) < 4.78 is 18.1. The van der Waals surface area contributed by atoms with Crippen molar-refractivity contribution in [3.05, 3.63) is 41.2 Å². The smallest absolute Gasteiger partial charge is 0.331 e. The maximum Gasteiger partial charge on any atom is 0.331 e. The second kappa shape index (κ2) is 5.78. The predicted molar refractivity (Wildman–Crippen MR) is 67.2 cm³/mol. The number of esters is 1. The van der Waals surface area contributed by atoms with Gasteiger partial charge in [0.15, 0.2) is 0 Å². The zero-order valence-corrected chi connectivity index (χ0v) is 10.7. The number of hydrogen-bond acceptors (Lipinski definition) is 3. The van der Waals surface area contributed by atoms with Crippen molar-refractivity contribution in [1.82, 2.24) is 0 Å². The van der Waals surface area contributed by atoms with E-state index in [-0.39, 0.29) is 6.61 Å². The molecule has 1 aromatic rings. The number of rotatable bonds is 3. The average molecular weight is 252 g/mol. The van der Waals surface area contributed by atoms with Crippen LogP contribution in [-0.4, -0.2) is 16.7 Å². The lowest BCUT2D eigenvalue weighted by molar-refractivity contribution is -0.148. The zero-order chi connectivity index (χ0) is 13.8. The highest BCUT2D eigenvalue weighted by atomic mass is 19.1. The molecule has 0 fully saturated rings. The van der Waals surface area contributed by atoms with Crippen LogP contribution in [0, 0.1) is 5.82 Å². The van der Waals surface area contributed by atoms with Crippen molar-refractivity contribution >= 4 is 12.0 Å². The van der Waals surface area contributed by atoms with E-state index in [1.165, 1.54) is 30.4 Å². The van der Waals surface area contributed by atoms with Crippen LogP contribution in [0.5, 0.6) is 0 Å². The highest BCUT2D eigenvalue weighted by molar-refractivity contribution is 5.87. The molecule has 1 N–H and O–H groups in total. The van der Waals surface area contributed by atoms with Gasteiger partial charge in [-0.3, -0.25) is 0 Å². The fourth-order valence-electron chi connectivity index (χ4n) is 1.36. The van der Waals surface area contributed by atoms with E-state index < -0.39 is 17.4 Å². The minimum absolute atomic E-state index is 0.214. The first kappa shape index (κ1) is 14.4. The molecule has 4 heteroatoms. The normalized spacial score (nSPS) is 11.8. The summed E-state index contributed by atoms with van der Waals surface area (Å²) in [7, 11) is 0. The molecule has 0 aromatic heterocycles. The van der Waals surface area contributed by atoms with Crippen LogP contribution < -0.4 is 0 Å². The molecule has 0 unspecified atom stereocenters. The van der Waals surface area contributed by atoms with Crippen molar-refractivity contribution in [2.24, 2.45) is 0 Å². The molecule has 1 aromatic carbocycles. The maximum absolute atomic E-state index is 13.0. The van der Waals surface area contributed by atoms with Crippen molar-refractivity contribution in [1.29, 1.82) is 0 Å². The second-order valence-electron chi connectivity index (χ2n) is 4.87. The molecule has 0 aliphatic carbocycles. The first-order valence-electron chi connectivity index (χ1n) is 5.62. The van der Waals surface area contributed by atoms with E-state index in [0.29, 0.717) is 11.1 Å². The standard InChI is InChI=1S/C14H17FO3/c1-14(2,3)18-13(17)7-5-10-8-12(15)6-4-11(10)9-16/h4-8,16H,9H2,1-3H3/b7-5+. The minimum Gasteiger partial charge on any atom is -0.457 e. The quantitative estimate of drug-likeness (QED) is 0.664. The third-order valence-electron chi connectivity index (χ3n) is 2.08. The fourth-order valence-corrected chi connectivity index (χ4v) is 1.36. The monoisotopic (exact) mass is 252 g/mol. The Bertz CT molecular complexity index is 459. The Morgan fingerprint density at radius 2 is 2.11 bits per heavy atom. The summed E-state index contributed by atoms with van der Waals surface area (Å²) >= 11 is 0. The van der Waals surface area contributed by atoms with Crippen LogP contribution in [0.2, 0.25) is 0 Å². The topological polar surface area (TPSA) is 46.5 Å². The number of benzene rings is 1. The van der Waals surface area contributed by atoms with E-state index in [1.807, 2.05) is 0 Å². The molecule has 0 heterocycles. The highest BCUT2D eigenvalue weighted by Crippen LogP contribution is 2.14. The predicted octanol–water partition coefficient (Wildman–Crippen LogP) is 2.67. The molecule has 0 amide bonds. The Morgan fingerprint density at radius 3 is 2.67 bits per heavy atom. The van der Waals surface area contributed by atoms with Gasteiger partial charge >= 0.3 is 5.97 Å². The molecule has 0 saturated heterocycles. The van der Waals surface area contributed by atoms with E-state index in [9.17, 15) is 9.18 Å². The van der Waals surface area contributed by atoms with E-state index in [2.05, 4.69) is 0 Å². The third-order valence-corrected chi connectivity index (χ3v) is 2.08. The first-order chi connectivity index (χ1) is 8.31. The van der Waals surface area contributed by atoms with Gasteiger partial charge in [0, 0.05) is 6.08 Å². The molecule has 3 nitrogen and oxygen atoms in total. The van der Waals surface area contributed by atoms with Crippen molar-refractivity contribution in [2.45, 2.75) is 33.0 Å². The van der Waals surface area contributed by atoms with Crippen LogP contribution in [-0.2, 0) is 16.1 Å². The average Bonchev–Trinajstić information content (AvgIpc) is 2.24. The molecule has 0 bridgehead atoms. The lowest BCUT2D eigenvalue weighted by Crippen LogP contribution is -2.22. The van der Waals surface area contributed by atoms with Gasteiger partial charge in [0.1, 0.15) is 11.4 Å². The minimum atomic E-state index is -0.566. The van der Waals surface area contributed by atoms with Crippen LogP contribution in [0.25, 0.3) is 6.08 Å². The van der Waals surface area contributed by atoms with E-state index >= 15 is 0 Å². The summed E-state index contributed by atoms with van der Waals surface area (Å²) in [5.41, 5.74) is 0.447. The van der Waals surface area contributed by atoms with Gasteiger partial charge in [-0.1, -0.05) is 6.07 Å². The number of carbonyl (C=O) groups is 1. The molecule has 0 atom stereocenters. The molecule has 0 aliphatic heterocycles. The SMILES string of the molecule is CC(C)(C)OC(=O)/C=C/c1cc(F)ccc1CO. The molecule has 0 saturated carbocycles. The number of ether oxygens (including phenoxy) is 1. The van der Waals surface area contributed by atoms with Crippen molar-refractivity contribution in [2.75, 3.05) is 0 Å².